The predicted molar refractivity (Wildman–Crippen MR) is 88.8 cm³/mol. The monoisotopic (exact) mass is 317 g/mol. The highest BCUT2D eigenvalue weighted by Crippen LogP contribution is 2.27. The van der Waals surface area contributed by atoms with E-state index in [0.29, 0.717) is 12.0 Å². The molecule has 0 N–H and O–H groups in total. The summed E-state index contributed by atoms with van der Waals surface area (Å²) in [6, 6.07) is 4.62. The van der Waals surface area contributed by atoms with E-state index in [9.17, 15) is 4.79 Å². The number of ether oxygens (including phenoxy) is 1. The third-order valence-corrected chi connectivity index (χ3v) is 4.93. The van der Waals surface area contributed by atoms with Gasteiger partial charge in [0.2, 0.25) is 5.91 Å². The van der Waals surface area contributed by atoms with Gasteiger partial charge in [-0.1, -0.05) is 19.9 Å². The highest BCUT2D eigenvalue weighted by atomic mass is 16.5. The number of likely N-dealkylation sites (tertiary alicyclic amines) is 1. The number of carbonyl (C=O) groups excluding carboxylic acids is 1. The van der Waals surface area contributed by atoms with Crippen molar-refractivity contribution in [3.05, 3.63) is 30.1 Å². The average molecular weight is 317 g/mol. The number of hydrogen-bond donors (Lipinski definition) is 0. The van der Waals surface area contributed by atoms with Gasteiger partial charge in [-0.25, -0.2) is 0 Å². The van der Waals surface area contributed by atoms with Crippen molar-refractivity contribution >= 4 is 5.91 Å². The molecule has 5 heteroatoms. The molecule has 2 atom stereocenters. The van der Waals surface area contributed by atoms with Gasteiger partial charge in [-0.15, -0.1) is 0 Å². The normalized spacial score (nSPS) is 26.0. The molecule has 5 nitrogen and oxygen atoms in total. The number of carbonyl (C=O) groups is 1. The minimum atomic E-state index is 0.0738. The minimum Gasteiger partial charge on any atom is -0.380 e. The van der Waals surface area contributed by atoms with E-state index < -0.39 is 0 Å². The van der Waals surface area contributed by atoms with Gasteiger partial charge in [0.15, 0.2) is 0 Å². The lowest BCUT2D eigenvalue weighted by Crippen LogP contribution is -2.53. The lowest BCUT2D eigenvalue weighted by molar-refractivity contribution is -0.137. The van der Waals surface area contributed by atoms with Crippen LogP contribution in [-0.2, 0) is 16.1 Å². The molecule has 1 amide bonds. The summed E-state index contributed by atoms with van der Waals surface area (Å²) in [5.41, 5.74) is 1.24. The second-order valence-electron chi connectivity index (χ2n) is 6.96. The molecule has 2 aliphatic heterocycles. The number of aromatic nitrogens is 1. The van der Waals surface area contributed by atoms with Crippen LogP contribution in [0.3, 0.4) is 0 Å². The topological polar surface area (TPSA) is 45.7 Å². The summed E-state index contributed by atoms with van der Waals surface area (Å²) in [5.74, 6) is 0.752. The summed E-state index contributed by atoms with van der Waals surface area (Å²) in [5, 5.41) is 0. The van der Waals surface area contributed by atoms with E-state index in [-0.39, 0.29) is 11.8 Å². The number of rotatable bonds is 3. The van der Waals surface area contributed by atoms with Gasteiger partial charge in [0, 0.05) is 56.5 Å². The van der Waals surface area contributed by atoms with Gasteiger partial charge in [0.1, 0.15) is 0 Å². The summed E-state index contributed by atoms with van der Waals surface area (Å²) < 4.78 is 5.83. The summed E-state index contributed by atoms with van der Waals surface area (Å²) in [7, 11) is 0. The molecule has 3 rings (SSSR count). The van der Waals surface area contributed by atoms with Crippen LogP contribution in [-0.4, -0.2) is 59.6 Å². The Labute approximate surface area is 138 Å². The van der Waals surface area contributed by atoms with E-state index in [0.717, 1.165) is 45.8 Å². The Morgan fingerprint density at radius 1 is 1.43 bits per heavy atom. The van der Waals surface area contributed by atoms with Crippen LogP contribution in [0, 0.1) is 11.8 Å². The quantitative estimate of drug-likeness (QED) is 0.853. The van der Waals surface area contributed by atoms with E-state index >= 15 is 0 Å². The van der Waals surface area contributed by atoms with E-state index in [2.05, 4.69) is 16.0 Å². The Bertz CT molecular complexity index is 520. The number of pyridine rings is 1. The van der Waals surface area contributed by atoms with Crippen LogP contribution in [0.15, 0.2) is 24.5 Å². The van der Waals surface area contributed by atoms with E-state index in [1.54, 1.807) is 0 Å². The zero-order valence-corrected chi connectivity index (χ0v) is 14.1. The lowest BCUT2D eigenvalue weighted by Gasteiger charge is -2.42. The molecule has 3 heterocycles. The minimum absolute atomic E-state index is 0.0738. The molecular weight excluding hydrogens is 290 g/mol. The van der Waals surface area contributed by atoms with Gasteiger partial charge >= 0.3 is 0 Å². The van der Waals surface area contributed by atoms with Gasteiger partial charge in [-0.05, 0) is 18.1 Å². The Kier molecular flexibility index (Phi) is 5.28. The molecule has 0 bridgehead atoms. The van der Waals surface area contributed by atoms with Crippen LogP contribution in [0.4, 0.5) is 0 Å². The van der Waals surface area contributed by atoms with Crippen molar-refractivity contribution < 1.29 is 9.53 Å². The van der Waals surface area contributed by atoms with Crippen LogP contribution in [0.2, 0.25) is 0 Å². The van der Waals surface area contributed by atoms with Crippen molar-refractivity contribution in [3.63, 3.8) is 0 Å². The maximum Gasteiger partial charge on any atom is 0.225 e. The first kappa shape index (κ1) is 16.4. The first-order chi connectivity index (χ1) is 11.1. The van der Waals surface area contributed by atoms with Gasteiger partial charge in [-0.2, -0.15) is 0 Å². The first-order valence-electron chi connectivity index (χ1n) is 8.64. The molecule has 1 aromatic heterocycles. The predicted octanol–water partition coefficient (Wildman–Crippen LogP) is 1.79. The largest absolute Gasteiger partial charge is 0.380 e. The van der Waals surface area contributed by atoms with E-state index in [4.69, 9.17) is 4.74 Å². The van der Waals surface area contributed by atoms with Crippen LogP contribution in [0.25, 0.3) is 0 Å². The summed E-state index contributed by atoms with van der Waals surface area (Å²) in [6.45, 7) is 9.04. The smallest absolute Gasteiger partial charge is 0.225 e. The number of amides is 1. The fraction of sp³-hybridized carbons (Fsp3) is 0.667. The van der Waals surface area contributed by atoms with Crippen LogP contribution >= 0.6 is 0 Å². The Morgan fingerprint density at radius 2 is 2.30 bits per heavy atom. The number of fused-ring (bicyclic) bond motifs is 1. The Hall–Kier alpha value is -1.46. The number of hydrogen-bond acceptors (Lipinski definition) is 4. The summed E-state index contributed by atoms with van der Waals surface area (Å²) in [4.78, 5) is 21.1. The van der Waals surface area contributed by atoms with E-state index in [1.165, 1.54) is 5.56 Å². The molecule has 0 saturated carbocycles. The highest BCUT2D eigenvalue weighted by Gasteiger charge is 2.36. The van der Waals surface area contributed by atoms with Gasteiger partial charge < -0.3 is 9.64 Å². The summed E-state index contributed by atoms with van der Waals surface area (Å²) in [6.07, 6.45) is 4.79. The second kappa shape index (κ2) is 7.41. The summed E-state index contributed by atoms with van der Waals surface area (Å²) >= 11 is 0. The standard InChI is InChI=1S/C18H27N3O2/c1-14(2)18(22)21-7-5-17-16(12-21)13-23-9-8-20(17)11-15-4-3-6-19-10-15/h3-4,6,10,14,16-17H,5,7-9,11-13H2,1-2H3/t16-,17-/m1/s1. The molecule has 1 aromatic rings. The van der Waals surface area contributed by atoms with Crippen molar-refractivity contribution in [2.24, 2.45) is 11.8 Å². The number of nitrogens with zero attached hydrogens (tertiary/aromatic N) is 3. The van der Waals surface area contributed by atoms with Crippen LogP contribution in [0.1, 0.15) is 25.8 Å². The molecule has 0 aromatic carbocycles. The molecule has 126 valence electrons. The van der Waals surface area contributed by atoms with Crippen molar-refractivity contribution in [3.8, 4) is 0 Å². The maximum atomic E-state index is 12.3. The third kappa shape index (κ3) is 3.90. The average Bonchev–Trinajstić information content (AvgIpc) is 2.77. The second-order valence-corrected chi connectivity index (χ2v) is 6.96. The molecule has 0 radical (unpaired) electrons. The van der Waals surface area contributed by atoms with Crippen molar-refractivity contribution in [1.29, 1.82) is 0 Å². The van der Waals surface area contributed by atoms with Crippen molar-refractivity contribution in [2.45, 2.75) is 32.9 Å². The maximum absolute atomic E-state index is 12.3. The fourth-order valence-electron chi connectivity index (χ4n) is 3.73. The molecule has 2 aliphatic rings. The molecule has 0 unspecified atom stereocenters. The SMILES string of the molecule is CC(C)C(=O)N1CC[C@@H]2[C@@H](COCCN2Cc2cccnc2)C1. The first-order valence-corrected chi connectivity index (χ1v) is 8.64. The molecular formula is C18H27N3O2. The molecule has 2 fully saturated rings. The van der Waals surface area contributed by atoms with Gasteiger partial charge in [-0.3, -0.25) is 14.7 Å². The van der Waals surface area contributed by atoms with Crippen molar-refractivity contribution in [2.75, 3.05) is 32.8 Å². The third-order valence-electron chi connectivity index (χ3n) is 4.93. The van der Waals surface area contributed by atoms with E-state index in [1.807, 2.05) is 37.2 Å². The van der Waals surface area contributed by atoms with Crippen molar-refractivity contribution in [1.82, 2.24) is 14.8 Å². The Balaban J connectivity index is 1.69. The van der Waals surface area contributed by atoms with Gasteiger partial charge in [0.25, 0.3) is 0 Å². The van der Waals surface area contributed by atoms with Crippen LogP contribution < -0.4 is 0 Å². The molecule has 2 saturated heterocycles. The lowest BCUT2D eigenvalue weighted by atomic mass is 9.90. The van der Waals surface area contributed by atoms with Crippen LogP contribution in [0.5, 0.6) is 0 Å². The highest BCUT2D eigenvalue weighted by molar-refractivity contribution is 5.78. The zero-order valence-electron chi connectivity index (χ0n) is 14.1. The molecule has 0 aliphatic carbocycles. The molecule has 0 spiro atoms. The van der Waals surface area contributed by atoms with Gasteiger partial charge in [0.05, 0.1) is 13.2 Å². The number of piperidine rings is 1. The molecule has 23 heavy (non-hydrogen) atoms. The Morgan fingerprint density at radius 3 is 3.04 bits per heavy atom. The fourth-order valence-corrected chi connectivity index (χ4v) is 3.73. The zero-order chi connectivity index (χ0) is 16.2.